The second-order valence-corrected chi connectivity index (χ2v) is 5.22. The lowest BCUT2D eigenvalue weighted by Crippen LogP contribution is -2.17. The van der Waals surface area contributed by atoms with Gasteiger partial charge in [0.2, 0.25) is 5.91 Å². The Kier molecular flexibility index (Phi) is 4.86. The zero-order chi connectivity index (χ0) is 17.1. The lowest BCUT2D eigenvalue weighted by molar-refractivity contribution is 0.1000. The maximum Gasteiger partial charge on any atom is 0.259 e. The number of benzene rings is 2. The van der Waals surface area contributed by atoms with Crippen molar-refractivity contribution in [3.05, 3.63) is 57.9 Å². The highest BCUT2D eigenvalue weighted by Crippen LogP contribution is 2.27. The van der Waals surface area contributed by atoms with Crippen molar-refractivity contribution in [3.8, 4) is 5.75 Å². The summed E-state index contributed by atoms with van der Waals surface area (Å²) in [6.07, 6.45) is 0. The van der Waals surface area contributed by atoms with E-state index in [-0.39, 0.29) is 27.6 Å². The Morgan fingerprint density at radius 3 is 2.57 bits per heavy atom. The van der Waals surface area contributed by atoms with Crippen molar-refractivity contribution >= 4 is 29.1 Å². The van der Waals surface area contributed by atoms with Crippen molar-refractivity contribution in [3.63, 3.8) is 0 Å². The molecule has 2 aromatic carbocycles. The molecule has 2 amide bonds. The van der Waals surface area contributed by atoms with Gasteiger partial charge in [-0.05, 0) is 42.8 Å². The number of primary amides is 1. The van der Waals surface area contributed by atoms with Crippen molar-refractivity contribution in [1.29, 1.82) is 0 Å². The summed E-state index contributed by atoms with van der Waals surface area (Å²) >= 11 is 5.93. The molecular formula is C16H14ClFN2O3. The van der Waals surface area contributed by atoms with Crippen LogP contribution in [0.3, 0.4) is 0 Å². The van der Waals surface area contributed by atoms with Crippen molar-refractivity contribution < 1.29 is 18.7 Å². The molecule has 0 unspecified atom stereocenters. The number of carbonyl (C=O) groups is 2. The third-order valence-electron chi connectivity index (χ3n) is 3.23. The average molecular weight is 337 g/mol. The summed E-state index contributed by atoms with van der Waals surface area (Å²) in [4.78, 5) is 23.7. The Balaban J connectivity index is 2.39. The number of anilines is 1. The van der Waals surface area contributed by atoms with Gasteiger partial charge in [0.05, 0.1) is 23.4 Å². The number of nitrogens with two attached hydrogens (primary N) is 1. The van der Waals surface area contributed by atoms with Crippen molar-refractivity contribution in [2.45, 2.75) is 6.92 Å². The summed E-state index contributed by atoms with van der Waals surface area (Å²) in [6.45, 7) is 1.55. The minimum atomic E-state index is -0.669. The van der Waals surface area contributed by atoms with Gasteiger partial charge in [-0.25, -0.2) is 4.39 Å². The van der Waals surface area contributed by atoms with Crippen molar-refractivity contribution in [2.24, 2.45) is 5.73 Å². The number of rotatable bonds is 4. The first-order chi connectivity index (χ1) is 10.8. The number of carbonyl (C=O) groups excluding carboxylic acids is 2. The predicted octanol–water partition coefficient (Wildman–Crippen LogP) is 3.15. The van der Waals surface area contributed by atoms with Gasteiger partial charge >= 0.3 is 0 Å². The molecule has 0 atom stereocenters. The Morgan fingerprint density at radius 1 is 1.26 bits per heavy atom. The largest absolute Gasteiger partial charge is 0.496 e. The van der Waals surface area contributed by atoms with Crippen LogP contribution in [0, 0.1) is 12.7 Å². The maximum absolute atomic E-state index is 13.4. The third kappa shape index (κ3) is 3.60. The van der Waals surface area contributed by atoms with Crippen LogP contribution < -0.4 is 15.8 Å². The molecule has 7 heteroatoms. The first kappa shape index (κ1) is 16.8. The molecule has 5 nitrogen and oxygen atoms in total. The van der Waals surface area contributed by atoms with Crippen LogP contribution >= 0.6 is 11.6 Å². The number of nitrogens with one attached hydrogen (secondary N) is 1. The van der Waals surface area contributed by atoms with E-state index in [2.05, 4.69) is 5.32 Å². The van der Waals surface area contributed by atoms with Crippen LogP contribution in [-0.4, -0.2) is 18.9 Å². The van der Waals surface area contributed by atoms with E-state index in [9.17, 15) is 14.0 Å². The van der Waals surface area contributed by atoms with Gasteiger partial charge in [-0.1, -0.05) is 11.6 Å². The summed E-state index contributed by atoms with van der Waals surface area (Å²) in [6, 6.07) is 6.77. The molecular weight excluding hydrogens is 323 g/mol. The second-order valence-electron chi connectivity index (χ2n) is 4.81. The molecule has 0 bridgehead atoms. The molecule has 0 heterocycles. The summed E-state index contributed by atoms with van der Waals surface area (Å²) in [7, 11) is 1.39. The fourth-order valence-electron chi connectivity index (χ4n) is 1.98. The van der Waals surface area contributed by atoms with Gasteiger partial charge in [0.15, 0.2) is 0 Å². The lowest BCUT2D eigenvalue weighted by Gasteiger charge is -2.12. The number of amides is 2. The van der Waals surface area contributed by atoms with E-state index < -0.39 is 17.6 Å². The van der Waals surface area contributed by atoms with E-state index in [0.29, 0.717) is 5.56 Å². The average Bonchev–Trinajstić information content (AvgIpc) is 2.51. The van der Waals surface area contributed by atoms with Crippen LogP contribution in [0.15, 0.2) is 30.3 Å². The molecule has 0 aliphatic carbocycles. The fraction of sp³-hybridized carbons (Fsp3) is 0.125. The Labute approximate surface area is 137 Å². The molecule has 0 aliphatic rings. The van der Waals surface area contributed by atoms with Crippen LogP contribution in [0.4, 0.5) is 10.1 Å². The molecule has 0 fully saturated rings. The first-order valence-electron chi connectivity index (χ1n) is 6.58. The molecule has 0 saturated carbocycles. The Morgan fingerprint density at radius 2 is 1.96 bits per heavy atom. The number of methoxy groups -OCH3 is 1. The van der Waals surface area contributed by atoms with Gasteiger partial charge in [0.1, 0.15) is 11.6 Å². The van der Waals surface area contributed by atoms with Gasteiger partial charge < -0.3 is 15.8 Å². The molecule has 120 valence electrons. The highest BCUT2D eigenvalue weighted by atomic mass is 35.5. The monoisotopic (exact) mass is 336 g/mol. The van der Waals surface area contributed by atoms with E-state index in [0.717, 1.165) is 6.07 Å². The van der Waals surface area contributed by atoms with Gasteiger partial charge in [-0.2, -0.15) is 0 Å². The zero-order valence-corrected chi connectivity index (χ0v) is 13.2. The highest BCUT2D eigenvalue weighted by molar-refractivity contribution is 6.34. The fourth-order valence-corrected chi connectivity index (χ4v) is 2.18. The third-order valence-corrected chi connectivity index (χ3v) is 3.54. The zero-order valence-electron chi connectivity index (χ0n) is 12.4. The summed E-state index contributed by atoms with van der Waals surface area (Å²) < 4.78 is 18.5. The quantitative estimate of drug-likeness (QED) is 0.899. The van der Waals surface area contributed by atoms with Crippen LogP contribution in [0.1, 0.15) is 26.3 Å². The van der Waals surface area contributed by atoms with Gasteiger partial charge in [-0.3, -0.25) is 9.59 Å². The Hall–Kier alpha value is -2.60. The number of hydrogen-bond donors (Lipinski definition) is 2. The number of halogens is 2. The van der Waals surface area contributed by atoms with E-state index in [1.165, 1.54) is 31.4 Å². The SMILES string of the molecule is COc1ccc(C(N)=O)cc1C(=O)Nc1cc(C)c(F)cc1Cl. The van der Waals surface area contributed by atoms with Crippen LogP contribution in [-0.2, 0) is 0 Å². The first-order valence-corrected chi connectivity index (χ1v) is 6.96. The lowest BCUT2D eigenvalue weighted by atomic mass is 10.1. The molecule has 2 aromatic rings. The molecule has 0 saturated heterocycles. The van der Waals surface area contributed by atoms with Gasteiger partial charge in [0.25, 0.3) is 5.91 Å². The topological polar surface area (TPSA) is 81.4 Å². The van der Waals surface area contributed by atoms with Gasteiger partial charge in [-0.15, -0.1) is 0 Å². The minimum absolute atomic E-state index is 0.0615. The van der Waals surface area contributed by atoms with Crippen LogP contribution in [0.25, 0.3) is 0 Å². The molecule has 0 aliphatic heterocycles. The van der Waals surface area contributed by atoms with Crippen molar-refractivity contribution in [2.75, 3.05) is 12.4 Å². The maximum atomic E-state index is 13.4. The van der Waals surface area contributed by atoms with E-state index >= 15 is 0 Å². The predicted molar refractivity (Wildman–Crippen MR) is 85.6 cm³/mol. The summed E-state index contributed by atoms with van der Waals surface area (Å²) in [5, 5.41) is 2.63. The second kappa shape index (κ2) is 6.66. The summed E-state index contributed by atoms with van der Waals surface area (Å²) in [5.74, 6) is -1.43. The number of ether oxygens (including phenoxy) is 1. The highest BCUT2D eigenvalue weighted by Gasteiger charge is 2.17. The number of hydrogen-bond acceptors (Lipinski definition) is 3. The normalized spacial score (nSPS) is 10.3. The Bertz CT molecular complexity index is 793. The molecule has 0 spiro atoms. The molecule has 23 heavy (non-hydrogen) atoms. The smallest absolute Gasteiger partial charge is 0.259 e. The molecule has 0 aromatic heterocycles. The molecule has 0 radical (unpaired) electrons. The minimum Gasteiger partial charge on any atom is -0.496 e. The summed E-state index contributed by atoms with van der Waals surface area (Å²) in [5.41, 5.74) is 6.08. The number of aryl methyl sites for hydroxylation is 1. The van der Waals surface area contributed by atoms with Gasteiger partial charge in [0, 0.05) is 5.56 Å². The van der Waals surface area contributed by atoms with E-state index in [1.807, 2.05) is 0 Å². The van der Waals surface area contributed by atoms with Crippen molar-refractivity contribution in [1.82, 2.24) is 0 Å². The standard InChI is InChI=1S/C16H14ClFN2O3/c1-8-5-13(11(17)7-12(8)18)20-16(22)10-6-9(15(19)21)3-4-14(10)23-2/h3-7H,1-2H3,(H2,19,21)(H,20,22). The molecule has 3 N–H and O–H groups in total. The van der Waals surface area contributed by atoms with Crippen LogP contribution in [0.2, 0.25) is 5.02 Å². The molecule has 2 rings (SSSR count). The van der Waals surface area contributed by atoms with Crippen LogP contribution in [0.5, 0.6) is 5.75 Å². The van der Waals surface area contributed by atoms with E-state index in [4.69, 9.17) is 22.1 Å². The van der Waals surface area contributed by atoms with E-state index in [1.54, 1.807) is 6.92 Å².